The Kier molecular flexibility index (Phi) is 1.87. The summed E-state index contributed by atoms with van der Waals surface area (Å²) in [6, 6.07) is 0. The first kappa shape index (κ1) is 9.44. The zero-order chi connectivity index (χ0) is 8.91. The van der Waals surface area contributed by atoms with Crippen molar-refractivity contribution in [3.8, 4) is 0 Å². The molecule has 1 aliphatic heterocycles. The van der Waals surface area contributed by atoms with Crippen molar-refractivity contribution in [3.05, 3.63) is 0 Å². The van der Waals surface area contributed by atoms with E-state index in [0.717, 1.165) is 0 Å². The monoisotopic (exact) mass is 172 g/mol. The van der Waals surface area contributed by atoms with E-state index in [4.69, 9.17) is 0 Å². The molecular weight excluding hydrogens is 152 g/mol. The highest BCUT2D eigenvalue weighted by Crippen LogP contribution is 2.72. The summed E-state index contributed by atoms with van der Waals surface area (Å²) in [4.78, 5) is 0. The van der Waals surface area contributed by atoms with Gasteiger partial charge in [-0.2, -0.15) is 0 Å². The lowest BCUT2D eigenvalue weighted by atomic mass is 9.74. The topological polar surface area (TPSA) is 0 Å². The highest BCUT2D eigenvalue weighted by Gasteiger charge is 2.66. The summed E-state index contributed by atoms with van der Waals surface area (Å²) in [6.07, 6.45) is 1.30. The Balaban J connectivity index is 2.77. The van der Waals surface area contributed by atoms with Crippen LogP contribution in [0, 0.1) is 5.41 Å². The lowest BCUT2D eigenvalue weighted by Gasteiger charge is -2.29. The highest BCUT2D eigenvalue weighted by molar-refractivity contribution is 8.09. The van der Waals surface area contributed by atoms with E-state index in [0.29, 0.717) is 14.9 Å². The maximum Gasteiger partial charge on any atom is 0.0330 e. The molecule has 11 heavy (non-hydrogen) atoms. The van der Waals surface area contributed by atoms with Crippen molar-refractivity contribution in [2.75, 3.05) is 0 Å². The normalized spacial score (nSPS) is 44.2. The molecule has 1 heteroatoms. The summed E-state index contributed by atoms with van der Waals surface area (Å²) in [5.74, 6) is 0. The van der Waals surface area contributed by atoms with Crippen molar-refractivity contribution in [2.24, 2.45) is 5.41 Å². The van der Waals surface area contributed by atoms with E-state index in [1.54, 1.807) is 0 Å². The lowest BCUT2D eigenvalue weighted by Crippen LogP contribution is -2.33. The second-order valence-electron chi connectivity index (χ2n) is 4.97. The molecule has 0 aromatic heterocycles. The Morgan fingerprint density at radius 2 is 1.64 bits per heavy atom. The molecule has 1 heterocycles. The van der Waals surface area contributed by atoms with Crippen LogP contribution in [0.2, 0.25) is 0 Å². The first-order valence-electron chi connectivity index (χ1n) is 4.47. The number of thioether (sulfide) groups is 1. The van der Waals surface area contributed by atoms with Crippen LogP contribution in [-0.2, 0) is 0 Å². The van der Waals surface area contributed by atoms with Gasteiger partial charge in [0.1, 0.15) is 0 Å². The maximum atomic E-state index is 2.40. The van der Waals surface area contributed by atoms with Crippen LogP contribution in [0.1, 0.15) is 48.0 Å². The molecule has 0 spiro atoms. The molecule has 1 rings (SSSR count). The van der Waals surface area contributed by atoms with E-state index in [9.17, 15) is 0 Å². The van der Waals surface area contributed by atoms with Crippen molar-refractivity contribution in [1.29, 1.82) is 0 Å². The first-order valence-corrected chi connectivity index (χ1v) is 5.29. The molecule has 0 saturated carbocycles. The molecule has 0 nitrogen and oxygen atoms in total. The van der Waals surface area contributed by atoms with Crippen LogP contribution in [0.5, 0.6) is 0 Å². The van der Waals surface area contributed by atoms with Crippen LogP contribution in [0.3, 0.4) is 0 Å². The minimum Gasteiger partial charge on any atom is -0.145 e. The van der Waals surface area contributed by atoms with E-state index in [1.165, 1.54) is 6.42 Å². The van der Waals surface area contributed by atoms with E-state index >= 15 is 0 Å². The van der Waals surface area contributed by atoms with Gasteiger partial charge in [-0.15, -0.1) is 11.8 Å². The average molecular weight is 172 g/mol. The summed E-state index contributed by atoms with van der Waals surface area (Å²) >= 11 is 2.15. The quantitative estimate of drug-likeness (QED) is 0.543. The number of hydrogen-bond acceptors (Lipinski definition) is 1. The van der Waals surface area contributed by atoms with Gasteiger partial charge in [0, 0.05) is 9.49 Å². The molecule has 0 N–H and O–H groups in total. The first-order chi connectivity index (χ1) is 4.77. The molecule has 2 unspecified atom stereocenters. The van der Waals surface area contributed by atoms with E-state index in [-0.39, 0.29) is 0 Å². The number of hydrogen-bond donors (Lipinski definition) is 0. The fourth-order valence-corrected chi connectivity index (χ4v) is 3.53. The van der Waals surface area contributed by atoms with Gasteiger partial charge in [0.2, 0.25) is 0 Å². The molecule has 1 saturated heterocycles. The summed E-state index contributed by atoms with van der Waals surface area (Å²) in [5, 5.41) is 0. The summed E-state index contributed by atoms with van der Waals surface area (Å²) in [7, 11) is 0. The largest absolute Gasteiger partial charge is 0.145 e. The third-order valence-corrected chi connectivity index (χ3v) is 5.92. The lowest BCUT2D eigenvalue weighted by molar-refractivity contribution is 0.292. The predicted octanol–water partition coefficient (Wildman–Crippen LogP) is 3.71. The van der Waals surface area contributed by atoms with Gasteiger partial charge in [-0.1, -0.05) is 27.7 Å². The van der Waals surface area contributed by atoms with Crippen molar-refractivity contribution < 1.29 is 0 Å². The Bertz CT molecular complexity index is 168. The van der Waals surface area contributed by atoms with Crippen LogP contribution in [0.25, 0.3) is 0 Å². The van der Waals surface area contributed by atoms with E-state index < -0.39 is 0 Å². The second-order valence-corrected chi connectivity index (χ2v) is 6.89. The molecule has 0 aromatic carbocycles. The Morgan fingerprint density at radius 1 is 1.18 bits per heavy atom. The third kappa shape index (κ3) is 1.12. The van der Waals surface area contributed by atoms with Gasteiger partial charge in [-0.05, 0) is 25.7 Å². The van der Waals surface area contributed by atoms with E-state index in [1.807, 2.05) is 0 Å². The second kappa shape index (κ2) is 2.18. The Hall–Kier alpha value is 0.350. The molecule has 0 amide bonds. The van der Waals surface area contributed by atoms with Crippen LogP contribution in [-0.4, -0.2) is 9.49 Å². The van der Waals surface area contributed by atoms with Gasteiger partial charge >= 0.3 is 0 Å². The molecule has 66 valence electrons. The molecule has 1 aliphatic rings. The molecule has 2 atom stereocenters. The van der Waals surface area contributed by atoms with Crippen LogP contribution >= 0.6 is 11.8 Å². The molecular formula is C10H20S. The molecule has 0 radical (unpaired) electrons. The minimum absolute atomic E-state index is 0.447. The average Bonchev–Trinajstić information content (AvgIpc) is 2.38. The summed E-state index contributed by atoms with van der Waals surface area (Å²) in [5.41, 5.74) is 0.447. The van der Waals surface area contributed by atoms with Crippen molar-refractivity contribution in [2.45, 2.75) is 57.5 Å². The predicted molar refractivity (Wildman–Crippen MR) is 54.1 cm³/mol. The van der Waals surface area contributed by atoms with Crippen LogP contribution in [0.15, 0.2) is 0 Å². The molecule has 1 fully saturated rings. The highest BCUT2D eigenvalue weighted by atomic mass is 32.2. The summed E-state index contributed by atoms with van der Waals surface area (Å²) in [6.45, 7) is 14.1. The standard InChI is InChI=1S/C10H20S/c1-7-9(5)10(6,11-9)8(2,3)4/h7H2,1-6H3. The van der Waals surface area contributed by atoms with Gasteiger partial charge in [-0.25, -0.2) is 0 Å². The zero-order valence-corrected chi connectivity index (χ0v) is 9.43. The van der Waals surface area contributed by atoms with Crippen molar-refractivity contribution in [3.63, 3.8) is 0 Å². The van der Waals surface area contributed by atoms with Crippen LogP contribution < -0.4 is 0 Å². The molecule has 0 aliphatic carbocycles. The van der Waals surface area contributed by atoms with Gasteiger partial charge in [0.25, 0.3) is 0 Å². The van der Waals surface area contributed by atoms with Crippen molar-refractivity contribution >= 4 is 11.8 Å². The van der Waals surface area contributed by atoms with Gasteiger partial charge in [0.05, 0.1) is 0 Å². The maximum absolute atomic E-state index is 2.40. The van der Waals surface area contributed by atoms with Gasteiger partial charge in [0.15, 0.2) is 0 Å². The zero-order valence-electron chi connectivity index (χ0n) is 8.62. The number of rotatable bonds is 1. The molecule has 0 bridgehead atoms. The third-order valence-electron chi connectivity index (χ3n) is 3.50. The van der Waals surface area contributed by atoms with Crippen molar-refractivity contribution in [1.82, 2.24) is 0 Å². The summed E-state index contributed by atoms with van der Waals surface area (Å²) < 4.78 is 1.06. The fourth-order valence-electron chi connectivity index (χ4n) is 1.78. The van der Waals surface area contributed by atoms with Crippen LogP contribution in [0.4, 0.5) is 0 Å². The Morgan fingerprint density at radius 3 is 1.73 bits per heavy atom. The van der Waals surface area contributed by atoms with Gasteiger partial charge < -0.3 is 0 Å². The van der Waals surface area contributed by atoms with Gasteiger partial charge in [-0.3, -0.25) is 0 Å². The van der Waals surface area contributed by atoms with E-state index in [2.05, 4.69) is 53.3 Å². The SMILES string of the molecule is CCC1(C)SC1(C)C(C)(C)C. The Labute approximate surface area is 75.1 Å². The fraction of sp³-hybridized carbons (Fsp3) is 1.00. The smallest absolute Gasteiger partial charge is 0.0330 e. The molecule has 0 aromatic rings. The minimum atomic E-state index is 0.447.